The van der Waals surface area contributed by atoms with Crippen LogP contribution in [0.1, 0.15) is 127 Å². The molecule has 20 heteroatoms. The van der Waals surface area contributed by atoms with Gasteiger partial charge >= 0.3 is 25.0 Å². The van der Waals surface area contributed by atoms with Crippen molar-refractivity contribution in [2.45, 2.75) is 161 Å². The van der Waals surface area contributed by atoms with Crippen molar-refractivity contribution in [3.05, 3.63) is 108 Å². The monoisotopic (exact) mass is 1250 g/mol. The van der Waals surface area contributed by atoms with Crippen molar-refractivity contribution in [1.82, 2.24) is 40.4 Å². The molecule has 18 nitrogen and oxygen atoms in total. The fraction of sp³-hybridized carbons (Fsp3) is 0.625. The summed E-state index contributed by atoms with van der Waals surface area (Å²) in [7, 11) is 4.85. The van der Waals surface area contributed by atoms with Gasteiger partial charge in [-0.15, -0.1) is 27.3 Å². The van der Waals surface area contributed by atoms with Gasteiger partial charge in [-0.2, -0.15) is 0 Å². The van der Waals surface area contributed by atoms with E-state index in [4.69, 9.17) is 43.0 Å². The maximum atomic E-state index is 12.6. The van der Waals surface area contributed by atoms with Crippen LogP contribution in [0.3, 0.4) is 0 Å². The van der Waals surface area contributed by atoms with Crippen molar-refractivity contribution in [3.8, 4) is 22.5 Å². The number of anilines is 4. The van der Waals surface area contributed by atoms with Gasteiger partial charge in [0.25, 0.3) is 0 Å². The van der Waals surface area contributed by atoms with Crippen LogP contribution in [0.4, 0.5) is 27.8 Å². The summed E-state index contributed by atoms with van der Waals surface area (Å²) in [6, 6.07) is 30.6. The molecule has 493 valence electrons. The fourth-order valence-corrected chi connectivity index (χ4v) is 14.9. The molecule has 6 saturated heterocycles. The van der Waals surface area contributed by atoms with E-state index in [9.17, 15) is 4.79 Å². The molecule has 5 N–H and O–H groups in total. The molecule has 3 aromatic carbocycles. The van der Waals surface area contributed by atoms with E-state index in [0.29, 0.717) is 41.3 Å². The maximum Gasteiger partial charge on any atom is 1.00 e. The van der Waals surface area contributed by atoms with Crippen molar-refractivity contribution in [3.63, 3.8) is 0 Å². The third-order valence-corrected chi connectivity index (χ3v) is 20.7. The number of nitrogen functional groups attached to an aromatic ring is 2. The third-order valence-electron chi connectivity index (χ3n) is 20.7. The van der Waals surface area contributed by atoms with Crippen LogP contribution >= 0.6 is 0 Å². The van der Waals surface area contributed by atoms with Crippen molar-refractivity contribution in [2.75, 3.05) is 139 Å². The Kier molecular flexibility index (Phi) is 26.1. The Bertz CT molecular complexity index is 3050. The van der Waals surface area contributed by atoms with E-state index >= 15 is 0 Å². The third kappa shape index (κ3) is 18.6. The molecular weight excluding hydrogens is 1150 g/mol. The molecule has 92 heavy (non-hydrogen) atoms. The summed E-state index contributed by atoms with van der Waals surface area (Å²) >= 11 is 0. The van der Waals surface area contributed by atoms with Crippen molar-refractivity contribution >= 4 is 37.0 Å². The quantitative estimate of drug-likeness (QED) is 0.0854. The first-order chi connectivity index (χ1) is 44.3. The predicted octanol–water partition coefficient (Wildman–Crippen LogP) is 7.96. The van der Waals surface area contributed by atoms with Crippen LogP contribution in [-0.4, -0.2) is 190 Å². The molecule has 2 saturated carbocycles. The maximum absolute atomic E-state index is 12.6. The zero-order chi connectivity index (χ0) is 63.7. The SMILES string of the molecule is CCCC.Cc1ccccc1-c1cc(N2CCC3(CC2)CN(CCOC2CC4(CCN(C(=O)OCc5ccccc5)CC4)C2)CCO3)c(N)nn1.Cc1ccccc1-c1cc(N2CCC3(CC2)CN(CCOC2CC4(CCNCC4)C2)CCO3)c(N)nn1.[B-]CC.[Li+]. The second-order valence-electron chi connectivity index (χ2n) is 27.2. The van der Waals surface area contributed by atoms with Crippen molar-refractivity contribution in [1.29, 1.82) is 0 Å². The Hall–Kier alpha value is -5.33. The Labute approximate surface area is 562 Å². The predicted molar refractivity (Wildman–Crippen MR) is 366 cm³/mol. The van der Waals surface area contributed by atoms with Gasteiger partial charge in [0.1, 0.15) is 6.61 Å². The van der Waals surface area contributed by atoms with E-state index in [0.717, 1.165) is 202 Å². The van der Waals surface area contributed by atoms with Gasteiger partial charge in [-0.3, -0.25) is 16.1 Å². The molecule has 6 aliphatic heterocycles. The molecule has 8 fully saturated rings. The van der Waals surface area contributed by atoms with Crippen LogP contribution in [0, 0.1) is 24.7 Å². The number of carbonyl (C=O) groups excluding carboxylic acids is 1. The van der Waals surface area contributed by atoms with Gasteiger partial charge in [-0.25, -0.2) is 4.79 Å². The molecule has 0 bridgehead atoms. The van der Waals surface area contributed by atoms with Crippen LogP contribution in [0.15, 0.2) is 91.0 Å². The number of rotatable bonds is 15. The summed E-state index contributed by atoms with van der Waals surface area (Å²) in [6.45, 7) is 27.2. The fourth-order valence-electron chi connectivity index (χ4n) is 14.9. The summed E-state index contributed by atoms with van der Waals surface area (Å²) in [5, 5.41) is 20.9. The van der Waals surface area contributed by atoms with Crippen LogP contribution in [0.2, 0.25) is 6.32 Å². The van der Waals surface area contributed by atoms with Gasteiger partial charge in [0, 0.05) is 89.7 Å². The normalized spacial score (nSPS) is 21.5. The average Bonchev–Trinajstić information content (AvgIpc) is 0.815. The summed E-state index contributed by atoms with van der Waals surface area (Å²) < 4.78 is 31.1. The second kappa shape index (κ2) is 33.9. The van der Waals surface area contributed by atoms with Gasteiger partial charge < -0.3 is 63.0 Å². The molecule has 5 aromatic rings. The molecular formula is C72H105BLiN12O6. The Morgan fingerprint density at radius 2 is 1.01 bits per heavy atom. The summed E-state index contributed by atoms with van der Waals surface area (Å²) in [5.74, 6) is 0.977. The number of aromatic nitrogens is 4. The second-order valence-corrected chi connectivity index (χ2v) is 27.2. The summed E-state index contributed by atoms with van der Waals surface area (Å²) in [5.41, 5.74) is 22.6. The number of nitrogens with two attached hydrogens (primary N) is 2. The Balaban J connectivity index is 0.000000200. The van der Waals surface area contributed by atoms with Gasteiger partial charge in [-0.1, -0.05) is 106 Å². The van der Waals surface area contributed by atoms with Gasteiger partial charge in [0.2, 0.25) is 0 Å². The van der Waals surface area contributed by atoms with Gasteiger partial charge in [0.15, 0.2) is 11.6 Å². The number of piperidine rings is 4. The number of aryl methyl sites for hydroxylation is 2. The van der Waals surface area contributed by atoms with E-state index in [1.165, 1.54) is 62.7 Å². The van der Waals surface area contributed by atoms with Crippen LogP contribution < -0.4 is 45.4 Å². The topological polar surface area (TPSA) is 195 Å². The molecule has 3 radical (unpaired) electrons. The number of morpholine rings is 2. The number of carbonyl (C=O) groups is 1. The van der Waals surface area contributed by atoms with E-state index in [-0.39, 0.29) is 36.2 Å². The van der Waals surface area contributed by atoms with Crippen LogP contribution in [0.5, 0.6) is 0 Å². The summed E-state index contributed by atoms with van der Waals surface area (Å²) in [6.07, 6.45) is 17.3. The van der Waals surface area contributed by atoms with Crippen molar-refractivity contribution in [2.24, 2.45) is 10.8 Å². The number of hydrogen-bond donors (Lipinski definition) is 3. The van der Waals surface area contributed by atoms with Gasteiger partial charge in [-0.05, 0) is 144 Å². The molecule has 2 aliphatic carbocycles. The summed E-state index contributed by atoms with van der Waals surface area (Å²) in [4.78, 5) is 24.2. The number of nitrogens with one attached hydrogen (secondary N) is 1. The molecule has 2 aromatic heterocycles. The first kappa shape index (κ1) is 71.0. The minimum Gasteiger partial charge on any atom is -0.626 e. The molecule has 13 rings (SSSR count). The van der Waals surface area contributed by atoms with Crippen LogP contribution in [0.25, 0.3) is 22.5 Å². The zero-order valence-electron chi connectivity index (χ0n) is 56.6. The molecule has 8 aliphatic rings. The standard InChI is InChI=1S/C37H48N6O4.C29H42N6O2.C4H10.C2H5B.Li/c1-28-7-5-6-10-31(28)32-23-33(34(38)40-39-32)42-17-13-37(14-18-42)27-41(20-22-47-37)19-21-45-30-24-36(25-30)11-15-43(16-12-36)35(44)46-26-29-8-3-2-4-9-29;1-22-4-2-3-5-24(22)25-18-26(27(30)33-32-25)35-12-8-29(9-13-35)21-34(15-17-37-29)14-16-36-23-19-28(20-23)6-10-31-11-7-28;1-3-4-2;1-2-3;/h2-10,23,30H,11-22,24-27H2,1H3,(H2,38,40);2-5,18,23,31H,6-17,19-21H2,1H3,(H2,30,33);3-4H2,1-2H3;2H2,1H3;/q;;;-1;+1. The number of unbranched alkanes of at least 4 members (excludes halogenated alkanes) is 1. The first-order valence-corrected chi connectivity index (χ1v) is 34.5. The number of hydrogen-bond acceptors (Lipinski definition) is 17. The smallest absolute Gasteiger partial charge is 0.626 e. The number of nitrogens with zero attached hydrogens (tertiary/aromatic N) is 9. The minimum atomic E-state index is -0.199. The average molecular weight is 1250 g/mol. The van der Waals surface area contributed by atoms with E-state index in [1.54, 1.807) is 0 Å². The Morgan fingerprint density at radius 3 is 1.45 bits per heavy atom. The molecule has 0 atom stereocenters. The number of ether oxygens (including phenoxy) is 5. The van der Waals surface area contributed by atoms with E-state index in [2.05, 4.69) is 109 Å². The zero-order valence-corrected chi connectivity index (χ0v) is 56.6. The largest absolute Gasteiger partial charge is 1.00 e. The van der Waals surface area contributed by atoms with E-state index < -0.39 is 0 Å². The molecule has 0 unspecified atom stereocenters. The molecule has 1 amide bonds. The number of amides is 1. The van der Waals surface area contributed by atoms with Crippen molar-refractivity contribution < 1.29 is 47.3 Å². The molecule has 8 heterocycles. The number of likely N-dealkylation sites (tertiary alicyclic amines) is 1. The van der Waals surface area contributed by atoms with E-state index in [1.807, 2.05) is 66.4 Å². The van der Waals surface area contributed by atoms with Gasteiger partial charge in [0.05, 0.1) is 72.6 Å². The molecule has 4 spiro atoms. The minimum absolute atomic E-state index is 0. The first-order valence-electron chi connectivity index (χ1n) is 34.5. The Morgan fingerprint density at radius 1 is 0.587 bits per heavy atom. The van der Waals surface area contributed by atoms with Crippen LogP contribution in [-0.2, 0) is 30.3 Å². The number of benzene rings is 3.